The van der Waals surface area contributed by atoms with E-state index in [9.17, 15) is 0 Å². The lowest BCUT2D eigenvalue weighted by atomic mass is 9.77. The van der Waals surface area contributed by atoms with Gasteiger partial charge in [-0.05, 0) is 170 Å². The van der Waals surface area contributed by atoms with Crippen molar-refractivity contribution in [2.45, 2.75) is 89.0 Å². The summed E-state index contributed by atoms with van der Waals surface area (Å²) in [5.41, 5.74) is 20.8. The Morgan fingerprint density at radius 3 is 2.39 bits per heavy atom. The van der Waals surface area contributed by atoms with Crippen molar-refractivity contribution >= 4 is 45.7 Å². The molecule has 0 N–H and O–H groups in total. The molecule has 3 nitrogen and oxygen atoms in total. The summed E-state index contributed by atoms with van der Waals surface area (Å²) < 4.78 is 5.19. The van der Waals surface area contributed by atoms with Crippen molar-refractivity contribution in [1.82, 2.24) is 9.13 Å². The fraction of sp³-hybridized carbons (Fsp3) is 0.271. The maximum absolute atomic E-state index is 5.66. The van der Waals surface area contributed by atoms with Gasteiger partial charge in [0.1, 0.15) is 0 Å². The molecule has 1 aliphatic heterocycles. The number of allylic oxidation sites excluding steroid dienone is 14. The normalized spacial score (nSPS) is 23.8. The van der Waals surface area contributed by atoms with Gasteiger partial charge in [0.05, 0.1) is 17.3 Å². The molecule has 4 unspecified atom stereocenters. The summed E-state index contributed by atoms with van der Waals surface area (Å²) in [5.74, 6) is 1.18. The predicted molar refractivity (Wildman–Crippen MR) is 261 cm³/mol. The van der Waals surface area contributed by atoms with Crippen LogP contribution in [0.1, 0.15) is 108 Å². The number of aryl methyl sites for hydroxylation is 1. The standard InChI is InChI=1S/C59H55N3/c1-2-16-40(17-3-1)47-38-54(45-22-12-18-41(34-45)43-20-14-24-48(36-43)61-56-30-8-4-26-50(56)51-27-5-9-31-57(51)61)60-55(39-47)46-23-13-19-42(35-46)44-21-15-25-49(37-44)62-58-32-10-6-28-52(58)53-29-7-11-33-59(53)62/h1-4,6,8,11-19,22-26,28,30,33-34,36-38,42-44,55H,5,7,9-10,20-21,27,29,31-32,35,39H2. The van der Waals surface area contributed by atoms with Gasteiger partial charge in [0, 0.05) is 39.8 Å². The number of nitrogens with zero attached hydrogens (tertiary/aromatic N) is 3. The van der Waals surface area contributed by atoms with Gasteiger partial charge in [0.2, 0.25) is 0 Å². The Balaban J connectivity index is 0.851. The Labute approximate surface area is 367 Å². The zero-order valence-electron chi connectivity index (χ0n) is 35.7. The van der Waals surface area contributed by atoms with E-state index in [1.54, 1.807) is 5.56 Å². The number of para-hydroxylation sites is 1. The lowest BCUT2D eigenvalue weighted by Gasteiger charge is -2.31. The molecule has 3 aromatic carbocycles. The van der Waals surface area contributed by atoms with Gasteiger partial charge in [0.25, 0.3) is 0 Å². The zero-order valence-corrected chi connectivity index (χ0v) is 35.7. The van der Waals surface area contributed by atoms with Gasteiger partial charge in [0.15, 0.2) is 0 Å². The van der Waals surface area contributed by atoms with Crippen molar-refractivity contribution in [1.29, 1.82) is 0 Å². The highest BCUT2D eigenvalue weighted by atomic mass is 15.0. The molecule has 6 aliphatic carbocycles. The van der Waals surface area contributed by atoms with Gasteiger partial charge in [-0.3, -0.25) is 4.99 Å². The quantitative estimate of drug-likeness (QED) is 0.156. The van der Waals surface area contributed by atoms with E-state index in [2.05, 4.69) is 173 Å². The zero-order chi connectivity index (χ0) is 41.0. The molecule has 0 fully saturated rings. The first-order valence-electron chi connectivity index (χ1n) is 23.5. The topological polar surface area (TPSA) is 22.2 Å². The third kappa shape index (κ3) is 6.69. The molecule has 12 rings (SSSR count). The molecule has 3 heteroatoms. The highest BCUT2D eigenvalue weighted by Crippen LogP contribution is 2.42. The number of dihydropyridines is 1. The van der Waals surface area contributed by atoms with Crippen LogP contribution in [-0.4, -0.2) is 20.9 Å². The molecule has 7 aliphatic rings. The van der Waals surface area contributed by atoms with Crippen molar-refractivity contribution in [3.05, 3.63) is 208 Å². The molecule has 2 aromatic heterocycles. The van der Waals surface area contributed by atoms with Crippen LogP contribution in [0.15, 0.2) is 162 Å². The number of fused-ring (bicyclic) bond motifs is 6. The van der Waals surface area contributed by atoms with Crippen LogP contribution in [0.5, 0.6) is 0 Å². The van der Waals surface area contributed by atoms with E-state index < -0.39 is 0 Å². The van der Waals surface area contributed by atoms with E-state index in [-0.39, 0.29) is 6.04 Å². The smallest absolute Gasteiger partial charge is 0.0760 e. The average molecular weight is 806 g/mol. The molecule has 5 aromatic rings. The van der Waals surface area contributed by atoms with Crippen molar-refractivity contribution < 1.29 is 0 Å². The van der Waals surface area contributed by atoms with E-state index in [0.29, 0.717) is 17.8 Å². The molecule has 0 bridgehead atoms. The van der Waals surface area contributed by atoms with Crippen LogP contribution in [0.2, 0.25) is 0 Å². The molecule has 306 valence electrons. The van der Waals surface area contributed by atoms with Gasteiger partial charge in [-0.1, -0.05) is 127 Å². The van der Waals surface area contributed by atoms with Crippen LogP contribution in [0.25, 0.3) is 40.0 Å². The van der Waals surface area contributed by atoms with Gasteiger partial charge in [-0.25, -0.2) is 0 Å². The minimum Gasteiger partial charge on any atom is -0.314 e. The second-order valence-corrected chi connectivity index (χ2v) is 18.5. The van der Waals surface area contributed by atoms with Crippen molar-refractivity contribution in [3.8, 4) is 0 Å². The number of benzene rings is 3. The average Bonchev–Trinajstić information content (AvgIpc) is 3.87. The van der Waals surface area contributed by atoms with Crippen LogP contribution in [-0.2, 0) is 25.7 Å². The molecule has 0 radical (unpaired) electrons. The van der Waals surface area contributed by atoms with Gasteiger partial charge < -0.3 is 9.13 Å². The summed E-state index contributed by atoms with van der Waals surface area (Å²) in [5, 5.41) is 1.43. The second-order valence-electron chi connectivity index (χ2n) is 18.5. The summed E-state index contributed by atoms with van der Waals surface area (Å²) in [7, 11) is 0. The molecule has 0 spiro atoms. The van der Waals surface area contributed by atoms with E-state index >= 15 is 0 Å². The van der Waals surface area contributed by atoms with Gasteiger partial charge >= 0.3 is 0 Å². The predicted octanol–water partition coefficient (Wildman–Crippen LogP) is 14.1. The Hall–Kier alpha value is -6.19. The molecular weight excluding hydrogens is 751 g/mol. The molecule has 4 atom stereocenters. The Bertz CT molecular complexity index is 2920. The third-order valence-corrected chi connectivity index (χ3v) is 14.8. The van der Waals surface area contributed by atoms with E-state index in [4.69, 9.17) is 4.99 Å². The summed E-state index contributed by atoms with van der Waals surface area (Å²) in [4.78, 5) is 5.66. The number of rotatable bonds is 7. The summed E-state index contributed by atoms with van der Waals surface area (Å²) in [6.07, 6.45) is 47.2. The molecule has 62 heavy (non-hydrogen) atoms. The van der Waals surface area contributed by atoms with E-state index in [1.807, 2.05) is 0 Å². The minimum absolute atomic E-state index is 0.0987. The number of aromatic nitrogens is 2. The summed E-state index contributed by atoms with van der Waals surface area (Å²) in [6, 6.07) is 29.5. The Morgan fingerprint density at radius 2 is 1.44 bits per heavy atom. The molecular formula is C59H55N3. The first-order valence-corrected chi connectivity index (χ1v) is 23.5. The summed E-state index contributed by atoms with van der Waals surface area (Å²) in [6.45, 7) is 0. The lowest BCUT2D eigenvalue weighted by molar-refractivity contribution is 0.457. The maximum atomic E-state index is 5.66. The molecule has 0 saturated carbocycles. The second kappa shape index (κ2) is 15.9. The highest BCUT2D eigenvalue weighted by molar-refractivity contribution is 6.13. The van der Waals surface area contributed by atoms with Crippen LogP contribution in [0.4, 0.5) is 0 Å². The van der Waals surface area contributed by atoms with E-state index in [1.165, 1.54) is 97.6 Å². The fourth-order valence-corrected chi connectivity index (χ4v) is 11.8. The number of hydrogen-bond donors (Lipinski definition) is 0. The van der Waals surface area contributed by atoms with Gasteiger partial charge in [-0.2, -0.15) is 0 Å². The first-order chi connectivity index (χ1) is 30.7. The highest BCUT2D eigenvalue weighted by Gasteiger charge is 2.31. The largest absolute Gasteiger partial charge is 0.314 e. The maximum Gasteiger partial charge on any atom is 0.0760 e. The van der Waals surface area contributed by atoms with Crippen molar-refractivity contribution in [3.63, 3.8) is 0 Å². The van der Waals surface area contributed by atoms with Crippen molar-refractivity contribution in [2.24, 2.45) is 16.8 Å². The van der Waals surface area contributed by atoms with Crippen molar-refractivity contribution in [2.75, 3.05) is 0 Å². The monoisotopic (exact) mass is 805 g/mol. The van der Waals surface area contributed by atoms with Gasteiger partial charge in [-0.15, -0.1) is 0 Å². The SMILES string of the molecule is C1=CC(C2C=C(n3c4c(c5c3CCC=C5)CCC=C4)C=CC2)CC(C2CC(c3ccccc3)=CC(c3cccc(C4C=C(n5c6c(c7ccccc75)CCCC6)C=CC4)c3)=N2)=C1. The number of hydrogen-bond acceptors (Lipinski definition) is 1. The van der Waals surface area contributed by atoms with Crippen LogP contribution >= 0.6 is 0 Å². The van der Waals surface area contributed by atoms with E-state index in [0.717, 1.165) is 63.5 Å². The molecule has 0 saturated heterocycles. The molecule has 3 heterocycles. The van der Waals surface area contributed by atoms with Crippen LogP contribution < -0.4 is 0 Å². The summed E-state index contributed by atoms with van der Waals surface area (Å²) >= 11 is 0. The molecule has 0 amide bonds. The van der Waals surface area contributed by atoms with Crippen LogP contribution in [0.3, 0.4) is 0 Å². The lowest BCUT2D eigenvalue weighted by Crippen LogP contribution is -2.23. The van der Waals surface area contributed by atoms with Crippen LogP contribution in [0, 0.1) is 11.8 Å². The number of aliphatic imine (C=N–C) groups is 1. The fourth-order valence-electron chi connectivity index (χ4n) is 11.8. The Morgan fingerprint density at radius 1 is 0.613 bits per heavy atom. The first kappa shape index (κ1) is 37.6. The third-order valence-electron chi connectivity index (χ3n) is 14.8. The minimum atomic E-state index is 0.0987. The Kier molecular flexibility index (Phi) is 9.65.